The molecule has 0 saturated carbocycles. The van der Waals surface area contributed by atoms with Gasteiger partial charge < -0.3 is 4.90 Å². The maximum absolute atomic E-state index is 10.6. The van der Waals surface area contributed by atoms with E-state index in [0.717, 1.165) is 5.69 Å². The highest BCUT2D eigenvalue weighted by Crippen LogP contribution is 2.27. The third-order valence-electron chi connectivity index (χ3n) is 2.22. The van der Waals surface area contributed by atoms with E-state index in [9.17, 15) is 10.1 Å². The van der Waals surface area contributed by atoms with Gasteiger partial charge in [0.2, 0.25) is 0 Å². The fraction of sp³-hybridized carbons (Fsp3) is 0.400. The Hall–Kier alpha value is -0.0400. The second-order valence-electron chi connectivity index (χ2n) is 3.36. The molecule has 1 aromatic rings. The molecule has 0 bridgehead atoms. The Bertz CT molecular complexity index is 395. The first-order valence-corrected chi connectivity index (χ1v) is 8.05. The van der Waals surface area contributed by atoms with Gasteiger partial charge >= 0.3 is 0 Å². The van der Waals surface area contributed by atoms with Gasteiger partial charge in [-0.3, -0.25) is 10.1 Å². The van der Waals surface area contributed by atoms with E-state index in [1.54, 1.807) is 17.0 Å². The van der Waals surface area contributed by atoms with Crippen molar-refractivity contribution in [1.82, 2.24) is 0 Å². The first-order chi connectivity index (χ1) is 8.51. The average Bonchev–Trinajstić information content (AvgIpc) is 2.39. The molecule has 0 saturated heterocycles. The highest BCUT2D eigenvalue weighted by atomic mass is 79.9. The number of alkyl halides is 4. The summed E-state index contributed by atoms with van der Waals surface area (Å²) in [5, 5.41) is 11.6. The number of halogens is 4. The largest absolute Gasteiger partial charge is 0.337 e. The van der Waals surface area contributed by atoms with Crippen molar-refractivity contribution < 1.29 is 4.92 Å². The molecule has 0 spiro atoms. The summed E-state index contributed by atoms with van der Waals surface area (Å²) in [7, 11) is 0. The molecule has 0 amide bonds. The van der Waals surface area contributed by atoms with Gasteiger partial charge in [-0.25, -0.2) is 0 Å². The number of anilines is 1. The Morgan fingerprint density at radius 1 is 1.17 bits per heavy atom. The Labute approximate surface area is 132 Å². The Morgan fingerprint density at radius 3 is 1.94 bits per heavy atom. The van der Waals surface area contributed by atoms with Crippen LogP contribution in [-0.4, -0.2) is 26.6 Å². The monoisotopic (exact) mass is 418 g/mol. The summed E-state index contributed by atoms with van der Waals surface area (Å²) in [4.78, 5) is 11.9. The lowest BCUT2D eigenvalue weighted by Gasteiger charge is -2.32. The van der Waals surface area contributed by atoms with E-state index in [4.69, 9.17) is 23.2 Å². The zero-order chi connectivity index (χ0) is 13.7. The molecule has 4 nitrogen and oxygen atoms in total. The van der Waals surface area contributed by atoms with Crippen molar-refractivity contribution in [3.63, 3.8) is 0 Å². The van der Waals surface area contributed by atoms with Crippen LogP contribution < -0.4 is 4.90 Å². The van der Waals surface area contributed by atoms with Gasteiger partial charge in [0.05, 0.1) is 4.92 Å². The van der Waals surface area contributed by atoms with E-state index in [1.165, 1.54) is 12.1 Å². The molecule has 0 aliphatic carbocycles. The Morgan fingerprint density at radius 2 is 1.61 bits per heavy atom. The molecule has 1 rings (SSSR count). The van der Waals surface area contributed by atoms with Gasteiger partial charge in [0.15, 0.2) is 0 Å². The normalized spacial score (nSPS) is 14.0. The molecule has 0 N–H and O–H groups in total. The number of non-ortho nitro benzene ring substituents is 1. The Balaban J connectivity index is 3.02. The van der Waals surface area contributed by atoms with Crippen LogP contribution in [0.3, 0.4) is 0 Å². The van der Waals surface area contributed by atoms with Gasteiger partial charge in [-0.15, -0.1) is 0 Å². The predicted molar refractivity (Wildman–Crippen MR) is 82.4 cm³/mol. The quantitative estimate of drug-likeness (QED) is 0.298. The van der Waals surface area contributed by atoms with E-state index >= 15 is 0 Å². The number of nitro groups is 1. The summed E-state index contributed by atoms with van der Waals surface area (Å²) in [6.07, 6.45) is 0. The third kappa shape index (κ3) is 3.98. The minimum absolute atomic E-state index is 0.0358. The predicted octanol–water partition coefficient (Wildman–Crippen LogP) is 4.32. The summed E-state index contributed by atoms with van der Waals surface area (Å²) in [5.74, 6) is 0. The SMILES string of the molecule is O=[N+]([O-])c1ccc(N(C(Cl)CBr)C(Cl)CBr)cc1. The van der Waals surface area contributed by atoms with Crippen LogP contribution in [0.4, 0.5) is 11.4 Å². The molecule has 2 unspecified atom stereocenters. The maximum atomic E-state index is 10.6. The van der Waals surface area contributed by atoms with Crippen LogP contribution in [0, 0.1) is 10.1 Å². The molecule has 0 aliphatic rings. The molecule has 0 heterocycles. The molecule has 1 aromatic carbocycles. The minimum atomic E-state index is -0.445. The van der Waals surface area contributed by atoms with Crippen LogP contribution in [0.2, 0.25) is 0 Å². The van der Waals surface area contributed by atoms with Gasteiger partial charge in [0, 0.05) is 28.5 Å². The minimum Gasteiger partial charge on any atom is -0.337 e. The lowest BCUT2D eigenvalue weighted by molar-refractivity contribution is -0.384. The van der Waals surface area contributed by atoms with Gasteiger partial charge in [0.1, 0.15) is 11.0 Å². The molecule has 100 valence electrons. The van der Waals surface area contributed by atoms with Crippen molar-refractivity contribution in [3.05, 3.63) is 34.4 Å². The molecule has 0 aliphatic heterocycles. The summed E-state index contributed by atoms with van der Waals surface area (Å²) >= 11 is 18.9. The number of benzene rings is 1. The third-order valence-corrected chi connectivity index (χ3v) is 4.92. The lowest BCUT2D eigenvalue weighted by atomic mass is 10.2. The number of rotatable bonds is 6. The molecular formula is C10H10Br2Cl2N2O2. The van der Waals surface area contributed by atoms with Gasteiger partial charge in [-0.2, -0.15) is 0 Å². The number of hydrogen-bond acceptors (Lipinski definition) is 3. The van der Waals surface area contributed by atoms with Gasteiger partial charge in [-0.1, -0.05) is 55.1 Å². The van der Waals surface area contributed by atoms with E-state index in [1.807, 2.05) is 0 Å². The van der Waals surface area contributed by atoms with Crippen LogP contribution in [0.15, 0.2) is 24.3 Å². The van der Waals surface area contributed by atoms with E-state index in [2.05, 4.69) is 31.9 Å². The number of nitrogens with zero attached hydrogens (tertiary/aromatic N) is 2. The molecular weight excluding hydrogens is 411 g/mol. The molecule has 8 heteroatoms. The standard InChI is InChI=1S/C10H10Br2Cl2N2O2/c11-5-9(13)15(10(14)6-12)7-1-3-8(4-2-7)16(17)18/h1-4,9-10H,5-6H2. The zero-order valence-electron chi connectivity index (χ0n) is 9.10. The fourth-order valence-corrected chi connectivity index (χ4v) is 2.57. The van der Waals surface area contributed by atoms with Gasteiger partial charge in [-0.05, 0) is 12.1 Å². The summed E-state index contributed by atoms with van der Waals surface area (Å²) in [6, 6.07) is 6.12. The molecule has 0 aromatic heterocycles. The van der Waals surface area contributed by atoms with Crippen molar-refractivity contribution in [2.24, 2.45) is 0 Å². The first-order valence-electron chi connectivity index (χ1n) is 4.94. The number of hydrogen-bond donors (Lipinski definition) is 0. The molecule has 0 radical (unpaired) electrons. The number of nitro benzene ring substituents is 1. The summed E-state index contributed by atoms with van der Waals surface area (Å²) in [5.41, 5.74) is 0.0890. The molecule has 0 fully saturated rings. The second-order valence-corrected chi connectivity index (χ2v) is 5.66. The lowest BCUT2D eigenvalue weighted by Crippen LogP contribution is -2.39. The van der Waals surface area contributed by atoms with Crippen LogP contribution in [0.1, 0.15) is 0 Å². The van der Waals surface area contributed by atoms with Gasteiger partial charge in [0.25, 0.3) is 5.69 Å². The van der Waals surface area contributed by atoms with Crippen molar-refractivity contribution >= 4 is 66.4 Å². The second kappa shape index (κ2) is 7.53. The van der Waals surface area contributed by atoms with E-state index in [-0.39, 0.29) is 16.7 Å². The van der Waals surface area contributed by atoms with Crippen LogP contribution in [0.5, 0.6) is 0 Å². The van der Waals surface area contributed by atoms with E-state index < -0.39 is 4.92 Å². The topological polar surface area (TPSA) is 46.4 Å². The smallest absolute Gasteiger partial charge is 0.269 e. The highest BCUT2D eigenvalue weighted by Gasteiger charge is 2.22. The van der Waals surface area contributed by atoms with Crippen molar-refractivity contribution in [2.45, 2.75) is 11.0 Å². The molecule has 18 heavy (non-hydrogen) atoms. The van der Waals surface area contributed by atoms with Crippen LogP contribution in [0.25, 0.3) is 0 Å². The van der Waals surface area contributed by atoms with E-state index in [0.29, 0.717) is 10.7 Å². The van der Waals surface area contributed by atoms with Crippen molar-refractivity contribution in [3.8, 4) is 0 Å². The van der Waals surface area contributed by atoms with Crippen LogP contribution >= 0.6 is 55.1 Å². The molecule has 2 atom stereocenters. The maximum Gasteiger partial charge on any atom is 0.269 e. The first kappa shape index (κ1) is 16.0. The van der Waals surface area contributed by atoms with Crippen molar-refractivity contribution in [2.75, 3.05) is 15.6 Å². The fourth-order valence-electron chi connectivity index (χ4n) is 1.39. The average molecular weight is 421 g/mol. The van der Waals surface area contributed by atoms with Crippen LogP contribution in [-0.2, 0) is 0 Å². The Kier molecular flexibility index (Phi) is 6.70. The summed E-state index contributed by atoms with van der Waals surface area (Å²) < 4.78 is 0. The highest BCUT2D eigenvalue weighted by molar-refractivity contribution is 9.09. The zero-order valence-corrected chi connectivity index (χ0v) is 13.8. The summed E-state index contributed by atoms with van der Waals surface area (Å²) in [6.45, 7) is 0. The van der Waals surface area contributed by atoms with Crippen molar-refractivity contribution in [1.29, 1.82) is 0 Å².